The van der Waals surface area contributed by atoms with Crippen molar-refractivity contribution in [3.8, 4) is 0 Å². The first kappa shape index (κ1) is 12.7. The minimum atomic E-state index is -1.24. The summed E-state index contributed by atoms with van der Waals surface area (Å²) in [4.78, 5) is 10.3. The van der Waals surface area contributed by atoms with Crippen LogP contribution in [-0.2, 0) is 4.79 Å². The quantitative estimate of drug-likeness (QED) is 0.432. The summed E-state index contributed by atoms with van der Waals surface area (Å²) >= 11 is 1.78. The molecule has 13 heavy (non-hydrogen) atoms. The highest BCUT2D eigenvalue weighted by Gasteiger charge is 2.06. The molecule has 5 heteroatoms. The number of carboxylic acids is 1. The van der Waals surface area contributed by atoms with Crippen LogP contribution in [0, 0.1) is 0 Å². The molecule has 0 aliphatic rings. The summed E-state index contributed by atoms with van der Waals surface area (Å²) in [6.45, 7) is 0. The average molecular weight is 206 g/mol. The third kappa shape index (κ3) is 6.86. The Morgan fingerprint density at radius 1 is 1.54 bits per heavy atom. The van der Waals surface area contributed by atoms with Crippen molar-refractivity contribution in [2.24, 2.45) is 0 Å². The first-order valence-corrected chi connectivity index (χ1v) is 5.71. The summed E-state index contributed by atoms with van der Waals surface area (Å²) in [6.07, 6.45) is 5.35. The van der Waals surface area contributed by atoms with Crippen molar-refractivity contribution in [2.45, 2.75) is 31.7 Å². The number of carboxylic acid groups (broad SMARTS) is 1. The Morgan fingerprint density at radius 3 is 2.69 bits per heavy atom. The fourth-order valence-electron chi connectivity index (χ4n) is 1.01. The molecule has 0 aromatic rings. The predicted octanol–water partition coefficient (Wildman–Crippen LogP) is 0.00710. The molecule has 4 nitrogen and oxygen atoms in total. The molecule has 0 aliphatic carbocycles. The van der Waals surface area contributed by atoms with E-state index in [0.29, 0.717) is 6.42 Å². The molecule has 0 rings (SSSR count). The zero-order chi connectivity index (χ0) is 10.1. The molecule has 0 saturated carbocycles. The maximum absolute atomic E-state index is 10.3. The predicted molar refractivity (Wildman–Crippen MR) is 50.6 cm³/mol. The van der Waals surface area contributed by atoms with Crippen LogP contribution < -0.4 is 10.6 Å². The standard InChI is InChI=1S/C8H17NO3S/c1-13-6-4-2-3-5-7(9-12)8(10)11/h7,9,12H,2-6H2,1H3,(H,10,11)/p-1. The van der Waals surface area contributed by atoms with Gasteiger partial charge in [-0.05, 0) is 24.9 Å². The molecule has 2 N–H and O–H groups in total. The van der Waals surface area contributed by atoms with Gasteiger partial charge in [-0.15, -0.1) is 0 Å². The van der Waals surface area contributed by atoms with Crippen molar-refractivity contribution in [3.63, 3.8) is 0 Å². The van der Waals surface area contributed by atoms with Crippen LogP contribution in [0.3, 0.4) is 0 Å². The first-order chi connectivity index (χ1) is 6.22. The SMILES string of the molecule is CSCCCCCC(NO)C(=O)[O-]. The number of hydrogen-bond donors (Lipinski definition) is 2. The lowest BCUT2D eigenvalue weighted by atomic mass is 10.1. The van der Waals surface area contributed by atoms with Crippen LogP contribution in [0.25, 0.3) is 0 Å². The first-order valence-electron chi connectivity index (χ1n) is 4.31. The van der Waals surface area contributed by atoms with E-state index in [0.717, 1.165) is 25.0 Å². The number of aliphatic carboxylic acids is 1. The van der Waals surface area contributed by atoms with Crippen molar-refractivity contribution in [3.05, 3.63) is 0 Å². The van der Waals surface area contributed by atoms with E-state index in [2.05, 4.69) is 0 Å². The molecule has 0 bridgehead atoms. The Labute approximate surface area is 82.7 Å². The Bertz CT molecular complexity index is 143. The largest absolute Gasteiger partial charge is 0.548 e. The van der Waals surface area contributed by atoms with Gasteiger partial charge in [-0.3, -0.25) is 0 Å². The molecule has 0 radical (unpaired) electrons. The monoisotopic (exact) mass is 206 g/mol. The molecule has 0 amide bonds. The minimum Gasteiger partial charge on any atom is -0.548 e. The number of thioether (sulfide) groups is 1. The molecule has 1 unspecified atom stereocenters. The molecule has 0 heterocycles. The maximum atomic E-state index is 10.3. The van der Waals surface area contributed by atoms with Crippen molar-refractivity contribution in [2.75, 3.05) is 12.0 Å². The number of nitrogens with one attached hydrogen (secondary N) is 1. The normalized spacial score (nSPS) is 12.8. The highest BCUT2D eigenvalue weighted by Crippen LogP contribution is 2.06. The van der Waals surface area contributed by atoms with Gasteiger partial charge in [0.15, 0.2) is 0 Å². The van der Waals surface area contributed by atoms with E-state index in [1.165, 1.54) is 0 Å². The van der Waals surface area contributed by atoms with Crippen LogP contribution in [-0.4, -0.2) is 29.2 Å². The Hall–Kier alpha value is -0.260. The van der Waals surface area contributed by atoms with Crippen LogP contribution in [0.1, 0.15) is 25.7 Å². The third-order valence-electron chi connectivity index (χ3n) is 1.78. The zero-order valence-corrected chi connectivity index (χ0v) is 8.60. The second-order valence-corrected chi connectivity index (χ2v) is 3.83. The fraction of sp³-hybridized carbons (Fsp3) is 0.875. The summed E-state index contributed by atoms with van der Waals surface area (Å²) in [5, 5.41) is 18.7. The van der Waals surface area contributed by atoms with E-state index in [4.69, 9.17) is 5.21 Å². The van der Waals surface area contributed by atoms with Gasteiger partial charge in [0.05, 0.1) is 12.0 Å². The smallest absolute Gasteiger partial charge is 0.0714 e. The fourth-order valence-corrected chi connectivity index (χ4v) is 1.50. The van der Waals surface area contributed by atoms with Gasteiger partial charge in [-0.25, -0.2) is 0 Å². The van der Waals surface area contributed by atoms with E-state index < -0.39 is 12.0 Å². The van der Waals surface area contributed by atoms with Crippen LogP contribution >= 0.6 is 11.8 Å². The van der Waals surface area contributed by atoms with Gasteiger partial charge in [0.25, 0.3) is 0 Å². The average Bonchev–Trinajstić information content (AvgIpc) is 2.10. The van der Waals surface area contributed by atoms with Crippen molar-refractivity contribution >= 4 is 17.7 Å². The summed E-state index contributed by atoms with van der Waals surface area (Å²) in [5.74, 6) is -0.143. The number of rotatable bonds is 8. The maximum Gasteiger partial charge on any atom is 0.0714 e. The van der Waals surface area contributed by atoms with Gasteiger partial charge >= 0.3 is 0 Å². The molecule has 1 atom stereocenters. The Balaban J connectivity index is 3.33. The second kappa shape index (κ2) is 8.34. The molecule has 0 aromatic heterocycles. The molecule has 0 fully saturated rings. The number of hydroxylamine groups is 1. The van der Waals surface area contributed by atoms with E-state index in [1.807, 2.05) is 6.26 Å². The van der Waals surface area contributed by atoms with Gasteiger partial charge in [0.1, 0.15) is 0 Å². The Kier molecular flexibility index (Phi) is 8.18. The topological polar surface area (TPSA) is 72.4 Å². The van der Waals surface area contributed by atoms with Crippen molar-refractivity contribution in [1.29, 1.82) is 0 Å². The Morgan fingerprint density at radius 2 is 2.23 bits per heavy atom. The van der Waals surface area contributed by atoms with E-state index >= 15 is 0 Å². The van der Waals surface area contributed by atoms with Crippen molar-refractivity contribution < 1.29 is 15.1 Å². The lowest BCUT2D eigenvalue weighted by Gasteiger charge is -2.15. The third-order valence-corrected chi connectivity index (χ3v) is 2.48. The number of carbonyl (C=O) groups is 1. The summed E-state index contributed by atoms with van der Waals surface area (Å²) in [6, 6.07) is -0.922. The van der Waals surface area contributed by atoms with Crippen LogP contribution in [0.4, 0.5) is 0 Å². The summed E-state index contributed by atoms with van der Waals surface area (Å²) < 4.78 is 0. The van der Waals surface area contributed by atoms with Crippen molar-refractivity contribution in [1.82, 2.24) is 5.48 Å². The van der Waals surface area contributed by atoms with Crippen LogP contribution in [0.5, 0.6) is 0 Å². The lowest BCUT2D eigenvalue weighted by molar-refractivity contribution is -0.310. The van der Waals surface area contributed by atoms with E-state index in [9.17, 15) is 9.90 Å². The van der Waals surface area contributed by atoms with Gasteiger partial charge in [0, 0.05) is 0 Å². The molecule has 0 spiro atoms. The highest BCUT2D eigenvalue weighted by atomic mass is 32.2. The van der Waals surface area contributed by atoms with E-state index in [1.54, 1.807) is 17.2 Å². The molecule has 0 saturated heterocycles. The van der Waals surface area contributed by atoms with Crippen LogP contribution in [0.15, 0.2) is 0 Å². The molecule has 78 valence electrons. The molecular weight excluding hydrogens is 190 g/mol. The molecule has 0 aromatic carbocycles. The molecule has 0 aliphatic heterocycles. The van der Waals surface area contributed by atoms with Gasteiger partial charge in [-0.1, -0.05) is 12.8 Å². The summed E-state index contributed by atoms with van der Waals surface area (Å²) in [7, 11) is 0. The minimum absolute atomic E-state index is 0.424. The van der Waals surface area contributed by atoms with Crippen LogP contribution in [0.2, 0.25) is 0 Å². The lowest BCUT2D eigenvalue weighted by Crippen LogP contribution is -2.44. The molecular formula is C8H16NO3S-. The number of unbranched alkanes of at least 4 members (excludes halogenated alkanes) is 2. The van der Waals surface area contributed by atoms with Gasteiger partial charge < -0.3 is 15.1 Å². The van der Waals surface area contributed by atoms with E-state index in [-0.39, 0.29) is 0 Å². The second-order valence-electron chi connectivity index (χ2n) is 2.84. The number of carbonyl (C=O) groups excluding carboxylic acids is 1. The zero-order valence-electron chi connectivity index (χ0n) is 7.78. The van der Waals surface area contributed by atoms with Gasteiger partial charge in [-0.2, -0.15) is 17.2 Å². The number of hydrogen-bond acceptors (Lipinski definition) is 5. The summed E-state index contributed by atoms with van der Waals surface area (Å²) in [5.41, 5.74) is 1.73. The highest BCUT2D eigenvalue weighted by molar-refractivity contribution is 7.98. The van der Waals surface area contributed by atoms with Gasteiger partial charge in [0.2, 0.25) is 0 Å².